The van der Waals surface area contributed by atoms with E-state index in [4.69, 9.17) is 5.11 Å². The summed E-state index contributed by atoms with van der Waals surface area (Å²) in [5, 5.41) is 8.55. The van der Waals surface area contributed by atoms with Crippen LogP contribution in [0.2, 0.25) is 0 Å². The molecule has 0 saturated carbocycles. The highest BCUT2D eigenvalue weighted by Crippen LogP contribution is 2.08. The molecule has 1 heterocycles. The highest BCUT2D eigenvalue weighted by Gasteiger charge is 2.13. The summed E-state index contributed by atoms with van der Waals surface area (Å²) in [6, 6.07) is 0. The van der Waals surface area contributed by atoms with E-state index in [1.807, 2.05) is 6.92 Å². The Morgan fingerprint density at radius 1 is 1.82 bits per heavy atom. The quantitative estimate of drug-likeness (QED) is 0.715. The number of nitrogens with zero attached hydrogens (tertiary/aromatic N) is 1. The van der Waals surface area contributed by atoms with Crippen LogP contribution in [0.4, 0.5) is 0 Å². The average Bonchev–Trinajstić information content (AvgIpc) is 2.36. The van der Waals surface area contributed by atoms with Crippen molar-refractivity contribution in [2.24, 2.45) is 0 Å². The summed E-state index contributed by atoms with van der Waals surface area (Å²) in [4.78, 5) is 14.2. The summed E-state index contributed by atoms with van der Waals surface area (Å²) < 4.78 is 4.67. The molecule has 0 spiro atoms. The first kappa shape index (κ1) is 7.78. The minimum Gasteiger partial charge on any atom is -0.475 e. The summed E-state index contributed by atoms with van der Waals surface area (Å²) in [6.45, 7) is 1.96. The third kappa shape index (κ3) is 1.58. The van der Waals surface area contributed by atoms with Crippen LogP contribution in [0, 0.1) is 0 Å². The van der Waals surface area contributed by atoms with Gasteiger partial charge in [0.1, 0.15) is 0 Å². The van der Waals surface area contributed by atoms with Crippen molar-refractivity contribution in [3.8, 4) is 0 Å². The highest BCUT2D eigenvalue weighted by molar-refractivity contribution is 5.85. The molecule has 11 heavy (non-hydrogen) atoms. The van der Waals surface area contributed by atoms with Gasteiger partial charge in [0.15, 0.2) is 6.39 Å². The van der Waals surface area contributed by atoms with Crippen LogP contribution in [0.1, 0.15) is 29.6 Å². The van der Waals surface area contributed by atoms with E-state index in [1.54, 1.807) is 0 Å². The lowest BCUT2D eigenvalue weighted by molar-refractivity contribution is 0.0661. The fourth-order valence-corrected chi connectivity index (χ4v) is 0.858. The first-order valence-electron chi connectivity index (χ1n) is 3.41. The molecular weight excluding hydrogens is 146 g/mol. The number of carboxylic acid groups (broad SMARTS) is 1. The first-order chi connectivity index (χ1) is 5.25. The zero-order chi connectivity index (χ0) is 8.27. The van der Waals surface area contributed by atoms with E-state index in [1.165, 1.54) is 0 Å². The predicted molar refractivity (Wildman–Crippen MR) is 37.5 cm³/mol. The van der Waals surface area contributed by atoms with Gasteiger partial charge in [-0.2, -0.15) is 0 Å². The lowest BCUT2D eigenvalue weighted by Gasteiger charge is -1.91. The maximum absolute atomic E-state index is 10.4. The van der Waals surface area contributed by atoms with Crippen molar-refractivity contribution in [2.75, 3.05) is 0 Å². The van der Waals surface area contributed by atoms with E-state index in [2.05, 4.69) is 9.40 Å². The molecule has 0 amide bonds. The average molecular weight is 155 g/mol. The maximum Gasteiger partial charge on any atom is 0.373 e. The molecule has 1 aromatic rings. The largest absolute Gasteiger partial charge is 0.475 e. The lowest BCUT2D eigenvalue weighted by atomic mass is 10.2. The molecule has 4 heteroatoms. The number of carbonyl (C=O) groups is 1. The summed E-state index contributed by atoms with van der Waals surface area (Å²) in [5.74, 6) is -1.09. The Balaban J connectivity index is 2.87. The van der Waals surface area contributed by atoms with Crippen molar-refractivity contribution >= 4 is 5.97 Å². The zero-order valence-corrected chi connectivity index (χ0v) is 6.20. The number of carboxylic acids is 1. The number of aromatic carboxylic acids is 1. The zero-order valence-electron chi connectivity index (χ0n) is 6.20. The Labute approximate surface area is 63.9 Å². The molecule has 0 aliphatic rings. The third-order valence-corrected chi connectivity index (χ3v) is 1.32. The van der Waals surface area contributed by atoms with E-state index in [9.17, 15) is 4.79 Å². The van der Waals surface area contributed by atoms with Crippen molar-refractivity contribution in [2.45, 2.75) is 19.8 Å². The fraction of sp³-hybridized carbons (Fsp3) is 0.429. The molecule has 0 aliphatic carbocycles. The minimum atomic E-state index is -1.05. The number of oxazole rings is 1. The van der Waals surface area contributed by atoms with Gasteiger partial charge in [0.2, 0.25) is 5.76 Å². The number of aryl methyl sites for hydroxylation is 1. The third-order valence-electron chi connectivity index (χ3n) is 1.32. The molecule has 1 N–H and O–H groups in total. The van der Waals surface area contributed by atoms with Crippen LogP contribution in [-0.4, -0.2) is 16.1 Å². The summed E-state index contributed by atoms with van der Waals surface area (Å²) in [6.07, 6.45) is 2.68. The minimum absolute atomic E-state index is 0.0353. The molecule has 60 valence electrons. The lowest BCUT2D eigenvalue weighted by Crippen LogP contribution is -1.99. The molecule has 1 aromatic heterocycles. The molecule has 1 rings (SSSR count). The molecule has 0 atom stereocenters. The first-order valence-corrected chi connectivity index (χ1v) is 3.41. The van der Waals surface area contributed by atoms with Gasteiger partial charge in [-0.25, -0.2) is 9.78 Å². The second kappa shape index (κ2) is 3.18. The molecule has 4 nitrogen and oxygen atoms in total. The van der Waals surface area contributed by atoms with E-state index in [0.29, 0.717) is 12.1 Å². The van der Waals surface area contributed by atoms with Crippen LogP contribution >= 0.6 is 0 Å². The van der Waals surface area contributed by atoms with Crippen LogP contribution in [0.5, 0.6) is 0 Å². The van der Waals surface area contributed by atoms with E-state index < -0.39 is 5.97 Å². The highest BCUT2D eigenvalue weighted by atomic mass is 16.4. The number of hydrogen-bond donors (Lipinski definition) is 1. The van der Waals surface area contributed by atoms with Crippen molar-refractivity contribution in [3.05, 3.63) is 17.8 Å². The van der Waals surface area contributed by atoms with Gasteiger partial charge in [-0.05, 0) is 6.42 Å². The van der Waals surface area contributed by atoms with Gasteiger partial charge in [0, 0.05) is 0 Å². The molecule has 0 fully saturated rings. The van der Waals surface area contributed by atoms with Crippen LogP contribution < -0.4 is 0 Å². The SMILES string of the molecule is CCCc1ncoc1C(=O)O. The molecule has 0 unspecified atom stereocenters. The predicted octanol–water partition coefficient (Wildman–Crippen LogP) is 1.33. The van der Waals surface area contributed by atoms with E-state index in [-0.39, 0.29) is 5.76 Å². The van der Waals surface area contributed by atoms with Crippen molar-refractivity contribution in [1.29, 1.82) is 0 Å². The van der Waals surface area contributed by atoms with Crippen molar-refractivity contribution in [1.82, 2.24) is 4.98 Å². The second-order valence-electron chi connectivity index (χ2n) is 2.18. The number of rotatable bonds is 3. The fourth-order valence-electron chi connectivity index (χ4n) is 0.858. The molecule has 0 bridgehead atoms. The Kier molecular flexibility index (Phi) is 2.25. The summed E-state index contributed by atoms with van der Waals surface area (Å²) >= 11 is 0. The van der Waals surface area contributed by atoms with E-state index in [0.717, 1.165) is 12.8 Å². The van der Waals surface area contributed by atoms with Crippen LogP contribution in [0.25, 0.3) is 0 Å². The molecular formula is C7H9NO3. The Hall–Kier alpha value is -1.32. The maximum atomic E-state index is 10.4. The van der Waals surface area contributed by atoms with Crippen molar-refractivity contribution < 1.29 is 14.3 Å². The van der Waals surface area contributed by atoms with Crippen LogP contribution in [-0.2, 0) is 6.42 Å². The molecule has 0 aliphatic heterocycles. The standard InChI is InChI=1S/C7H9NO3/c1-2-3-5-6(7(9)10)11-4-8-5/h4H,2-3H2,1H3,(H,9,10). The van der Waals surface area contributed by atoms with Crippen LogP contribution in [0.15, 0.2) is 10.8 Å². The Morgan fingerprint density at radius 2 is 2.55 bits per heavy atom. The topological polar surface area (TPSA) is 63.3 Å². The molecule has 0 aromatic carbocycles. The van der Waals surface area contributed by atoms with Gasteiger partial charge in [-0.3, -0.25) is 0 Å². The number of aromatic nitrogens is 1. The smallest absolute Gasteiger partial charge is 0.373 e. The van der Waals surface area contributed by atoms with Crippen molar-refractivity contribution in [3.63, 3.8) is 0 Å². The van der Waals surface area contributed by atoms with Gasteiger partial charge >= 0.3 is 5.97 Å². The molecule has 0 radical (unpaired) electrons. The summed E-state index contributed by atoms with van der Waals surface area (Å²) in [5.41, 5.74) is 0.528. The Morgan fingerprint density at radius 3 is 3.09 bits per heavy atom. The summed E-state index contributed by atoms with van der Waals surface area (Å²) in [7, 11) is 0. The monoisotopic (exact) mass is 155 g/mol. The van der Waals surface area contributed by atoms with Gasteiger partial charge in [0.25, 0.3) is 0 Å². The van der Waals surface area contributed by atoms with Gasteiger partial charge in [-0.15, -0.1) is 0 Å². The Bertz CT molecular complexity index is 254. The second-order valence-corrected chi connectivity index (χ2v) is 2.18. The molecule has 0 saturated heterocycles. The van der Waals surface area contributed by atoms with Gasteiger partial charge < -0.3 is 9.52 Å². The van der Waals surface area contributed by atoms with E-state index >= 15 is 0 Å². The normalized spacial score (nSPS) is 9.91. The van der Waals surface area contributed by atoms with Gasteiger partial charge in [0.05, 0.1) is 5.69 Å². The van der Waals surface area contributed by atoms with Gasteiger partial charge in [-0.1, -0.05) is 13.3 Å². The number of hydrogen-bond acceptors (Lipinski definition) is 3. The van der Waals surface area contributed by atoms with Crippen LogP contribution in [0.3, 0.4) is 0 Å².